The number of phosphoric acid groups is 3. The second-order valence-electron chi connectivity index (χ2n) is 13.8. The summed E-state index contributed by atoms with van der Waals surface area (Å²) in [5.41, 5.74) is 6.64. The molecule has 6 atom stereocenters. The van der Waals surface area contributed by atoms with Crippen LogP contribution in [0.25, 0.3) is 11.0 Å². The number of aliphatic hydroxyl groups is 2. The summed E-state index contributed by atoms with van der Waals surface area (Å²) in [4.78, 5) is 103. The molecule has 0 spiro atoms. The third-order valence-corrected chi connectivity index (χ3v) is 14.7. The van der Waals surface area contributed by atoms with E-state index in [9.17, 15) is 62.8 Å². The fourth-order valence-corrected chi connectivity index (χ4v) is 10.8. The zero-order valence-electron chi connectivity index (χ0n) is 34.7. The molecule has 14 N–H and O–H groups in total. The topological polar surface area (TPSA) is 440 Å². The molecule has 2 aromatic heterocycles. The molecule has 33 heteroatoms. The van der Waals surface area contributed by atoms with E-state index >= 15 is 0 Å². The minimum absolute atomic E-state index is 0.00399. The number of nitrogens with zero attached hydrogens (tertiary/aromatic N) is 3. The maximum atomic E-state index is 12.8. The van der Waals surface area contributed by atoms with Crippen molar-refractivity contribution in [2.24, 2.45) is 0 Å². The van der Waals surface area contributed by atoms with Gasteiger partial charge in [-0.05, 0) is 25.7 Å². The molecule has 3 rings (SSSR count). The SMILES string of the molecule is CC(=O)NC(CSSCCC(O)NCC#Cc1cn([C@H]2CC(O)=C(COP(=O)(O)OP(=O)(O)OP(=O)(O)O)O2)c2ncnc(N)c12)C(=O)NCCCCCC(=O)NC(CCC(=O)O)C(=O)O. The number of hydrogen-bond donors (Lipinski definition) is 13. The zero-order chi connectivity index (χ0) is 49.2. The van der Waals surface area contributed by atoms with E-state index < -0.39 is 102 Å². The van der Waals surface area contributed by atoms with Gasteiger partial charge in [0.2, 0.25) is 17.7 Å². The summed E-state index contributed by atoms with van der Waals surface area (Å²) >= 11 is 0. The van der Waals surface area contributed by atoms with Crippen molar-refractivity contribution < 1.29 is 95.5 Å². The number of carbonyl (C=O) groups excluding carboxylic acids is 3. The predicted molar refractivity (Wildman–Crippen MR) is 232 cm³/mol. The van der Waals surface area contributed by atoms with Gasteiger partial charge in [-0.3, -0.25) is 33.6 Å². The van der Waals surface area contributed by atoms with Crippen molar-refractivity contribution in [3.05, 3.63) is 29.6 Å². The lowest BCUT2D eigenvalue weighted by atomic mass is 10.1. The second kappa shape index (κ2) is 26.3. The Morgan fingerprint density at radius 2 is 1.71 bits per heavy atom. The first-order valence-electron chi connectivity index (χ1n) is 19.3. The van der Waals surface area contributed by atoms with E-state index in [2.05, 4.69) is 56.2 Å². The number of hydrogen-bond acceptors (Lipinski definition) is 20. The first-order valence-corrected chi connectivity index (χ1v) is 26.3. The van der Waals surface area contributed by atoms with Crippen molar-refractivity contribution in [1.82, 2.24) is 35.8 Å². The fraction of sp³-hybridized carbons (Fsp3) is 0.545. The van der Waals surface area contributed by atoms with E-state index in [0.29, 0.717) is 36.0 Å². The van der Waals surface area contributed by atoms with Gasteiger partial charge in [0.1, 0.15) is 48.5 Å². The van der Waals surface area contributed by atoms with Crippen LogP contribution in [-0.4, -0.2) is 134 Å². The highest BCUT2D eigenvalue weighted by atomic mass is 33.1. The number of aromatic nitrogens is 3. The van der Waals surface area contributed by atoms with Crippen LogP contribution in [0.3, 0.4) is 0 Å². The molecular formula is C33H49N8O20P3S2. The third kappa shape index (κ3) is 20.3. The molecule has 1 aliphatic heterocycles. The Morgan fingerprint density at radius 3 is 2.38 bits per heavy atom. The monoisotopic (exact) mass is 1030 g/mol. The first kappa shape index (κ1) is 56.0. The largest absolute Gasteiger partial charge is 0.508 e. The molecule has 0 aliphatic carbocycles. The molecule has 0 saturated heterocycles. The maximum Gasteiger partial charge on any atom is 0.490 e. The fourth-order valence-electron chi connectivity index (χ4n) is 5.58. The summed E-state index contributed by atoms with van der Waals surface area (Å²) in [5.74, 6) is 1.68. The van der Waals surface area contributed by atoms with Crippen LogP contribution in [0.15, 0.2) is 24.0 Å². The summed E-state index contributed by atoms with van der Waals surface area (Å²) in [6.07, 6.45) is 1.41. The minimum Gasteiger partial charge on any atom is -0.508 e. The predicted octanol–water partition coefficient (Wildman–Crippen LogP) is 0.692. The number of nitrogens with one attached hydrogen (secondary N) is 4. The average molecular weight is 1030 g/mol. The highest BCUT2D eigenvalue weighted by Crippen LogP contribution is 2.66. The molecule has 66 heavy (non-hydrogen) atoms. The van der Waals surface area contributed by atoms with Crippen LogP contribution >= 0.6 is 45.1 Å². The third-order valence-electron chi connectivity index (χ3n) is 8.49. The van der Waals surface area contributed by atoms with Crippen molar-refractivity contribution in [2.45, 2.75) is 82.8 Å². The highest BCUT2D eigenvalue weighted by Gasteiger charge is 2.41. The number of carboxylic acid groups (broad SMARTS) is 2. The summed E-state index contributed by atoms with van der Waals surface area (Å²) in [7, 11) is -14.3. The van der Waals surface area contributed by atoms with E-state index in [-0.39, 0.29) is 56.0 Å². The lowest BCUT2D eigenvalue weighted by molar-refractivity contribution is -0.143. The number of ether oxygens (including phenoxy) is 1. The number of rotatable bonds is 29. The number of fused-ring (bicyclic) bond motifs is 1. The molecule has 0 radical (unpaired) electrons. The molecule has 3 heterocycles. The van der Waals surface area contributed by atoms with E-state index in [0.717, 1.165) is 6.33 Å². The molecule has 0 aromatic carbocycles. The number of anilines is 1. The normalized spacial score (nSPS) is 17.0. The zero-order valence-corrected chi connectivity index (χ0v) is 39.0. The van der Waals surface area contributed by atoms with Crippen molar-refractivity contribution in [2.75, 3.05) is 36.9 Å². The van der Waals surface area contributed by atoms with Crippen LogP contribution in [0.4, 0.5) is 5.82 Å². The van der Waals surface area contributed by atoms with E-state index in [4.69, 9.17) is 25.4 Å². The Hall–Kier alpha value is -4.30. The average Bonchev–Trinajstić information content (AvgIpc) is 3.76. The number of nitrogens with two attached hydrogens (primary N) is 1. The van der Waals surface area contributed by atoms with Gasteiger partial charge in [-0.25, -0.2) is 28.5 Å². The molecule has 1 aliphatic rings. The number of aliphatic hydroxyl groups excluding tert-OH is 2. The van der Waals surface area contributed by atoms with Crippen LogP contribution in [0.1, 0.15) is 70.1 Å². The van der Waals surface area contributed by atoms with Gasteiger partial charge < -0.3 is 66.4 Å². The Kier molecular flexibility index (Phi) is 22.3. The van der Waals surface area contributed by atoms with Gasteiger partial charge in [-0.2, -0.15) is 8.62 Å². The summed E-state index contributed by atoms with van der Waals surface area (Å²) in [6.45, 7) is 0.523. The van der Waals surface area contributed by atoms with Gasteiger partial charge >= 0.3 is 35.4 Å². The molecule has 2 aromatic rings. The molecule has 28 nitrogen and oxygen atoms in total. The molecule has 5 unspecified atom stereocenters. The molecule has 3 amide bonds. The second-order valence-corrected chi connectivity index (χ2v) is 20.8. The maximum absolute atomic E-state index is 12.8. The van der Waals surface area contributed by atoms with Crippen LogP contribution in [0.2, 0.25) is 0 Å². The van der Waals surface area contributed by atoms with Crippen LogP contribution in [-0.2, 0) is 55.5 Å². The molecule has 368 valence electrons. The summed E-state index contributed by atoms with van der Waals surface area (Å²) in [6, 6.07) is -2.16. The highest BCUT2D eigenvalue weighted by molar-refractivity contribution is 8.76. The first-order chi connectivity index (χ1) is 30.9. The van der Waals surface area contributed by atoms with Gasteiger partial charge in [0.25, 0.3) is 0 Å². The molecule has 0 saturated carbocycles. The van der Waals surface area contributed by atoms with Crippen molar-refractivity contribution in [3.63, 3.8) is 0 Å². The van der Waals surface area contributed by atoms with Gasteiger partial charge in [0.05, 0.1) is 23.9 Å². The van der Waals surface area contributed by atoms with Crippen molar-refractivity contribution in [1.29, 1.82) is 0 Å². The number of carboxylic acids is 2. The molecular weight excluding hydrogens is 985 g/mol. The van der Waals surface area contributed by atoms with Gasteiger partial charge in [-0.1, -0.05) is 39.8 Å². The number of aliphatic carboxylic acids is 2. The summed E-state index contributed by atoms with van der Waals surface area (Å²) in [5, 5.41) is 49.6. The Balaban J connectivity index is 1.42. The van der Waals surface area contributed by atoms with Crippen LogP contribution < -0.4 is 27.0 Å². The van der Waals surface area contributed by atoms with Gasteiger partial charge in [-0.15, -0.1) is 0 Å². The summed E-state index contributed by atoms with van der Waals surface area (Å²) < 4.78 is 53.5. The lowest BCUT2D eigenvalue weighted by Crippen LogP contribution is -2.47. The standard InChI is InChI=1S/C33H49N8O20P3S2/c1-19(42)39-22(32(48)36-11-4-2-3-7-26(45)40-21(33(49)50)8-9-28(46)47)17-66-65-13-10-25(44)35-12-5-6-20-15-41(31-29(20)30(34)37-18-38-31)27-14-23(43)24(59-27)16-58-63(54,55)61-64(56,57)60-62(51,52)53/h15,18,21-22,25,27,35,43-44H,2-4,7-14,16-17H2,1H3,(H,36,48)(H,39,42)(H,40,45)(H,46,47)(H,49,50)(H,54,55)(H,56,57)(H2,34,37,38)(H2,51,52,53)/t21?,22?,25?,27-/m1/s1. The molecule has 0 bridgehead atoms. The van der Waals surface area contributed by atoms with E-state index in [1.54, 1.807) is 0 Å². The Morgan fingerprint density at radius 1 is 0.985 bits per heavy atom. The Bertz CT molecular complexity index is 2310. The number of phosphoric ester groups is 1. The molecule has 0 fully saturated rings. The quantitative estimate of drug-likeness (QED) is 0.0175. The lowest BCUT2D eigenvalue weighted by Gasteiger charge is -2.17. The van der Waals surface area contributed by atoms with Crippen LogP contribution in [0, 0.1) is 11.8 Å². The van der Waals surface area contributed by atoms with Crippen molar-refractivity contribution in [3.8, 4) is 11.8 Å². The number of unbranched alkanes of at least 4 members (excludes halogenated alkanes) is 2. The van der Waals surface area contributed by atoms with Crippen molar-refractivity contribution >= 4 is 91.6 Å². The number of amides is 3. The number of carbonyl (C=O) groups is 5. The van der Waals surface area contributed by atoms with Gasteiger partial charge in [0, 0.05) is 44.0 Å². The van der Waals surface area contributed by atoms with E-state index in [1.807, 2.05) is 0 Å². The van der Waals surface area contributed by atoms with Gasteiger partial charge in [0.15, 0.2) is 12.0 Å². The number of nitrogen functional groups attached to an aromatic ring is 1. The minimum atomic E-state index is -5.78. The smallest absolute Gasteiger partial charge is 0.490 e. The van der Waals surface area contributed by atoms with E-state index in [1.165, 1.54) is 39.3 Å². The van der Waals surface area contributed by atoms with Crippen LogP contribution in [0.5, 0.6) is 0 Å². The Labute approximate surface area is 383 Å².